The third kappa shape index (κ3) is 2.42. The fourth-order valence-corrected chi connectivity index (χ4v) is 3.16. The van der Waals surface area contributed by atoms with Crippen LogP contribution in [0.25, 0.3) is 0 Å². The second kappa shape index (κ2) is 4.84. The third-order valence-electron chi connectivity index (χ3n) is 3.18. The fraction of sp³-hybridized carbons (Fsp3) is 1.00. The Labute approximate surface area is 89.8 Å². The van der Waals surface area contributed by atoms with Crippen LogP contribution in [0.15, 0.2) is 0 Å². The average Bonchev–Trinajstić information content (AvgIpc) is 2.69. The van der Waals surface area contributed by atoms with E-state index in [4.69, 9.17) is 4.74 Å². The predicted molar refractivity (Wildman–Crippen MR) is 58.7 cm³/mol. The molecule has 0 amide bonds. The summed E-state index contributed by atoms with van der Waals surface area (Å²) in [5.41, 5.74) is 0.0437. The van der Waals surface area contributed by atoms with Crippen molar-refractivity contribution in [2.75, 3.05) is 51.0 Å². The van der Waals surface area contributed by atoms with Crippen LogP contribution in [0.3, 0.4) is 0 Å². The topological polar surface area (TPSA) is 32.7 Å². The van der Waals surface area contributed by atoms with E-state index in [1.807, 2.05) is 11.8 Å². The highest BCUT2D eigenvalue weighted by Crippen LogP contribution is 2.29. The molecule has 82 valence electrons. The first-order chi connectivity index (χ1) is 6.85. The Balaban J connectivity index is 1.86. The van der Waals surface area contributed by atoms with Crippen molar-refractivity contribution in [3.63, 3.8) is 0 Å². The van der Waals surface area contributed by atoms with Crippen molar-refractivity contribution in [2.24, 2.45) is 5.41 Å². The van der Waals surface area contributed by atoms with Crippen molar-refractivity contribution in [3.05, 3.63) is 0 Å². The van der Waals surface area contributed by atoms with Gasteiger partial charge in [0.15, 0.2) is 0 Å². The van der Waals surface area contributed by atoms with Crippen LogP contribution in [-0.2, 0) is 4.74 Å². The normalized spacial score (nSPS) is 34.9. The van der Waals surface area contributed by atoms with Crippen molar-refractivity contribution < 1.29 is 9.84 Å². The summed E-state index contributed by atoms with van der Waals surface area (Å²) in [6.45, 7) is 5.20. The van der Waals surface area contributed by atoms with Gasteiger partial charge in [0.2, 0.25) is 0 Å². The molecule has 1 atom stereocenters. The maximum atomic E-state index is 9.44. The molecule has 4 heteroatoms. The molecule has 2 aliphatic heterocycles. The summed E-state index contributed by atoms with van der Waals surface area (Å²) in [6, 6.07) is 0. The number of hydrogen-bond acceptors (Lipinski definition) is 4. The summed E-state index contributed by atoms with van der Waals surface area (Å²) < 4.78 is 5.40. The number of aliphatic hydroxyl groups excluding tert-OH is 1. The van der Waals surface area contributed by atoms with Crippen LogP contribution in [0.2, 0.25) is 0 Å². The zero-order valence-electron chi connectivity index (χ0n) is 8.57. The summed E-state index contributed by atoms with van der Waals surface area (Å²) in [4.78, 5) is 2.47. The van der Waals surface area contributed by atoms with Gasteiger partial charge in [0, 0.05) is 43.2 Å². The van der Waals surface area contributed by atoms with Crippen molar-refractivity contribution in [3.8, 4) is 0 Å². The highest BCUT2D eigenvalue weighted by molar-refractivity contribution is 7.99. The van der Waals surface area contributed by atoms with Gasteiger partial charge < -0.3 is 14.7 Å². The number of thioether (sulfide) groups is 1. The smallest absolute Gasteiger partial charge is 0.0557 e. The van der Waals surface area contributed by atoms with Gasteiger partial charge >= 0.3 is 0 Å². The van der Waals surface area contributed by atoms with Crippen LogP contribution in [0.1, 0.15) is 6.42 Å². The number of hydrogen-bond donors (Lipinski definition) is 1. The van der Waals surface area contributed by atoms with Gasteiger partial charge in [0.1, 0.15) is 0 Å². The molecule has 0 aromatic heterocycles. The molecule has 2 rings (SSSR count). The summed E-state index contributed by atoms with van der Waals surface area (Å²) in [6.07, 6.45) is 1.02. The van der Waals surface area contributed by atoms with E-state index < -0.39 is 0 Å². The number of ether oxygens (including phenoxy) is 1. The van der Waals surface area contributed by atoms with Crippen LogP contribution in [-0.4, -0.2) is 61.0 Å². The monoisotopic (exact) mass is 217 g/mol. The van der Waals surface area contributed by atoms with E-state index in [-0.39, 0.29) is 12.0 Å². The number of aliphatic hydroxyl groups is 1. The van der Waals surface area contributed by atoms with Crippen molar-refractivity contribution in [1.82, 2.24) is 4.90 Å². The van der Waals surface area contributed by atoms with Crippen LogP contribution < -0.4 is 0 Å². The molecule has 0 aliphatic carbocycles. The van der Waals surface area contributed by atoms with Gasteiger partial charge in [-0.15, -0.1) is 0 Å². The summed E-state index contributed by atoms with van der Waals surface area (Å²) in [7, 11) is 0. The van der Waals surface area contributed by atoms with Gasteiger partial charge in [-0.1, -0.05) is 0 Å². The minimum atomic E-state index is 0.0437. The Morgan fingerprint density at radius 3 is 2.71 bits per heavy atom. The Hall–Kier alpha value is 0.230. The molecule has 0 spiro atoms. The lowest BCUT2D eigenvalue weighted by molar-refractivity contribution is 0.0598. The van der Waals surface area contributed by atoms with Gasteiger partial charge in [-0.2, -0.15) is 11.8 Å². The molecule has 2 fully saturated rings. The van der Waals surface area contributed by atoms with Gasteiger partial charge in [0.25, 0.3) is 0 Å². The molecule has 1 unspecified atom stereocenters. The highest BCUT2D eigenvalue weighted by Gasteiger charge is 2.36. The molecule has 0 bridgehead atoms. The van der Waals surface area contributed by atoms with E-state index in [2.05, 4.69) is 4.90 Å². The summed E-state index contributed by atoms with van der Waals surface area (Å²) in [5.74, 6) is 2.48. The van der Waals surface area contributed by atoms with E-state index in [1.54, 1.807) is 0 Å². The van der Waals surface area contributed by atoms with E-state index in [9.17, 15) is 5.11 Å². The zero-order chi connectivity index (χ0) is 9.86. The van der Waals surface area contributed by atoms with Crippen LogP contribution in [0.4, 0.5) is 0 Å². The first kappa shape index (κ1) is 10.7. The first-order valence-corrected chi connectivity index (χ1v) is 6.49. The third-order valence-corrected chi connectivity index (χ3v) is 4.13. The molecule has 0 radical (unpaired) electrons. The summed E-state index contributed by atoms with van der Waals surface area (Å²) in [5, 5.41) is 9.44. The second-order valence-corrected chi connectivity index (χ2v) is 5.57. The molecule has 0 saturated carbocycles. The quantitative estimate of drug-likeness (QED) is 0.743. The van der Waals surface area contributed by atoms with Gasteiger partial charge in [-0.05, 0) is 6.42 Å². The number of rotatable bonds is 3. The minimum Gasteiger partial charge on any atom is -0.396 e. The number of nitrogens with zero attached hydrogens (tertiary/aromatic N) is 1. The van der Waals surface area contributed by atoms with Crippen molar-refractivity contribution >= 4 is 11.8 Å². The van der Waals surface area contributed by atoms with Crippen LogP contribution >= 0.6 is 11.8 Å². The Morgan fingerprint density at radius 2 is 2.14 bits per heavy atom. The minimum absolute atomic E-state index is 0.0437. The lowest BCUT2D eigenvalue weighted by Crippen LogP contribution is -2.44. The molecule has 2 aliphatic rings. The lowest BCUT2D eigenvalue weighted by atomic mass is 9.87. The molecule has 3 nitrogen and oxygen atoms in total. The lowest BCUT2D eigenvalue weighted by Gasteiger charge is -2.34. The highest BCUT2D eigenvalue weighted by atomic mass is 32.2. The predicted octanol–water partition coefficient (Wildman–Crippen LogP) is 0.434. The van der Waals surface area contributed by atoms with Gasteiger partial charge in [-0.3, -0.25) is 0 Å². The molecular formula is C10H19NO2S. The van der Waals surface area contributed by atoms with Crippen LogP contribution in [0.5, 0.6) is 0 Å². The van der Waals surface area contributed by atoms with Gasteiger partial charge in [0.05, 0.1) is 13.2 Å². The zero-order valence-corrected chi connectivity index (χ0v) is 9.39. The Bertz CT molecular complexity index is 177. The SMILES string of the molecule is OCC1(CN2CCSCC2)CCOC1. The first-order valence-electron chi connectivity index (χ1n) is 5.33. The molecule has 2 saturated heterocycles. The van der Waals surface area contributed by atoms with E-state index in [0.29, 0.717) is 0 Å². The second-order valence-electron chi connectivity index (χ2n) is 4.35. The molecule has 0 aromatic carbocycles. The molecule has 2 heterocycles. The average molecular weight is 217 g/mol. The fourth-order valence-electron chi connectivity index (χ4n) is 2.18. The Morgan fingerprint density at radius 1 is 1.36 bits per heavy atom. The molecule has 0 aromatic rings. The van der Waals surface area contributed by atoms with Gasteiger partial charge in [-0.25, -0.2) is 0 Å². The maximum Gasteiger partial charge on any atom is 0.0557 e. The molecule has 14 heavy (non-hydrogen) atoms. The van der Waals surface area contributed by atoms with E-state index >= 15 is 0 Å². The molecular weight excluding hydrogens is 198 g/mol. The van der Waals surface area contributed by atoms with Crippen LogP contribution in [0, 0.1) is 5.41 Å². The van der Waals surface area contributed by atoms with E-state index in [1.165, 1.54) is 24.6 Å². The van der Waals surface area contributed by atoms with E-state index in [0.717, 1.165) is 26.2 Å². The van der Waals surface area contributed by atoms with Crippen molar-refractivity contribution in [1.29, 1.82) is 0 Å². The standard InChI is InChI=1S/C10H19NO2S/c12-8-10(1-4-13-9-10)7-11-2-5-14-6-3-11/h12H,1-9H2. The summed E-state index contributed by atoms with van der Waals surface area (Å²) >= 11 is 2.03. The molecule has 1 N–H and O–H groups in total. The Kier molecular flexibility index (Phi) is 3.71. The maximum absolute atomic E-state index is 9.44. The van der Waals surface area contributed by atoms with Crippen molar-refractivity contribution in [2.45, 2.75) is 6.42 Å². The largest absolute Gasteiger partial charge is 0.396 e.